The zero-order chi connectivity index (χ0) is 9.68. The number of carbonyl (C=O) groups excluding carboxylic acids is 1. The first-order valence-electron chi connectivity index (χ1n) is 3.79. The highest BCUT2D eigenvalue weighted by Crippen LogP contribution is 2.22. The molecule has 0 radical (unpaired) electrons. The molecule has 0 heterocycles. The van der Waals surface area contributed by atoms with Crippen LogP contribution < -0.4 is 0 Å². The molecule has 0 fully saturated rings. The van der Waals surface area contributed by atoms with Crippen molar-refractivity contribution in [2.24, 2.45) is 0 Å². The molecule has 0 aliphatic rings. The van der Waals surface area contributed by atoms with Crippen molar-refractivity contribution in [1.82, 2.24) is 0 Å². The topological polar surface area (TPSA) is 17.1 Å². The van der Waals surface area contributed by atoms with Crippen molar-refractivity contribution in [1.29, 1.82) is 0 Å². The van der Waals surface area contributed by atoms with Gasteiger partial charge in [0.05, 0.1) is 0 Å². The molecule has 1 nitrogen and oxygen atoms in total. The monoisotopic (exact) mass is 258 g/mol. The fraction of sp³-hybridized carbons (Fsp3) is 0.100. The Morgan fingerprint density at radius 2 is 2.23 bits per heavy atom. The van der Waals surface area contributed by atoms with E-state index in [1.165, 1.54) is 0 Å². The van der Waals surface area contributed by atoms with E-state index in [0.29, 0.717) is 11.4 Å². The Labute approximate surface area is 90.5 Å². The lowest BCUT2D eigenvalue weighted by molar-refractivity contribution is -0.107. The van der Waals surface area contributed by atoms with Gasteiger partial charge in [0.1, 0.15) is 6.29 Å². The predicted octanol–water partition coefficient (Wildman–Crippen LogP) is 3.70. The van der Waals surface area contributed by atoms with Gasteiger partial charge in [-0.2, -0.15) is 0 Å². The van der Waals surface area contributed by atoms with Crippen molar-refractivity contribution in [3.05, 3.63) is 39.3 Å². The number of aldehydes is 1. The first-order chi connectivity index (χ1) is 6.24. The Hall–Kier alpha value is -0.600. The summed E-state index contributed by atoms with van der Waals surface area (Å²) in [4.78, 5) is 10.0. The van der Waals surface area contributed by atoms with E-state index in [2.05, 4.69) is 15.9 Å². The molecule has 0 spiro atoms. The maximum absolute atomic E-state index is 10.0. The van der Waals surface area contributed by atoms with E-state index in [1.54, 1.807) is 6.08 Å². The van der Waals surface area contributed by atoms with Crippen LogP contribution in [0.5, 0.6) is 0 Å². The maximum Gasteiger partial charge on any atom is 0.123 e. The number of benzene rings is 1. The van der Waals surface area contributed by atoms with Gasteiger partial charge in [-0.3, -0.25) is 0 Å². The van der Waals surface area contributed by atoms with Gasteiger partial charge in [-0.1, -0.05) is 45.7 Å². The van der Waals surface area contributed by atoms with Gasteiger partial charge in [0, 0.05) is 15.9 Å². The van der Waals surface area contributed by atoms with Gasteiger partial charge in [0.25, 0.3) is 0 Å². The van der Waals surface area contributed by atoms with E-state index < -0.39 is 0 Å². The molecular weight excluding hydrogens is 251 g/mol. The summed E-state index contributed by atoms with van der Waals surface area (Å²) < 4.78 is 0.949. The highest BCUT2D eigenvalue weighted by Gasteiger charge is 1.95. The van der Waals surface area contributed by atoms with E-state index in [-0.39, 0.29) is 0 Å². The van der Waals surface area contributed by atoms with Crippen LogP contribution in [0, 0.1) is 0 Å². The summed E-state index contributed by atoms with van der Waals surface area (Å²) in [5.41, 5.74) is 0.923. The third-order valence-corrected chi connectivity index (χ3v) is 2.31. The van der Waals surface area contributed by atoms with Gasteiger partial charge in [-0.25, -0.2) is 0 Å². The van der Waals surface area contributed by atoms with Crippen molar-refractivity contribution in [3.63, 3.8) is 0 Å². The third-order valence-electron chi connectivity index (χ3n) is 1.49. The van der Waals surface area contributed by atoms with Gasteiger partial charge in [-0.05, 0) is 17.7 Å². The molecule has 0 unspecified atom stereocenters. The Balaban J connectivity index is 2.83. The largest absolute Gasteiger partial charge is 0.303 e. The van der Waals surface area contributed by atoms with E-state index in [9.17, 15) is 4.79 Å². The SMILES string of the molecule is O=CCC=Cc1ccc(Br)cc1Cl. The standard InChI is InChI=1S/C10H8BrClO/c11-9-5-4-8(10(12)7-9)3-1-2-6-13/h1,3-7H,2H2. The Bertz CT molecular complexity index is 334. The molecule has 0 bridgehead atoms. The summed E-state index contributed by atoms with van der Waals surface area (Å²) in [5.74, 6) is 0. The van der Waals surface area contributed by atoms with Crippen LogP contribution in [0.3, 0.4) is 0 Å². The minimum Gasteiger partial charge on any atom is -0.303 e. The van der Waals surface area contributed by atoms with Gasteiger partial charge in [0.2, 0.25) is 0 Å². The summed E-state index contributed by atoms with van der Waals surface area (Å²) in [5, 5.41) is 0.677. The second-order valence-electron chi connectivity index (χ2n) is 2.47. The van der Waals surface area contributed by atoms with Crippen LogP contribution in [0.25, 0.3) is 6.08 Å². The molecule has 0 atom stereocenters. The molecule has 0 aliphatic heterocycles. The maximum atomic E-state index is 10.0. The third kappa shape index (κ3) is 3.33. The Morgan fingerprint density at radius 1 is 1.46 bits per heavy atom. The number of rotatable bonds is 3. The van der Waals surface area contributed by atoms with Crippen molar-refractivity contribution >= 4 is 39.9 Å². The lowest BCUT2D eigenvalue weighted by Crippen LogP contribution is -1.75. The van der Waals surface area contributed by atoms with Crippen molar-refractivity contribution in [3.8, 4) is 0 Å². The van der Waals surface area contributed by atoms with Crippen LogP contribution in [-0.2, 0) is 4.79 Å². The van der Waals surface area contributed by atoms with Crippen molar-refractivity contribution in [2.75, 3.05) is 0 Å². The molecule has 68 valence electrons. The molecule has 1 rings (SSSR count). The molecule has 0 saturated carbocycles. The lowest BCUT2D eigenvalue weighted by Gasteiger charge is -1.97. The Kier molecular flexibility index (Phi) is 4.19. The molecular formula is C10H8BrClO. The smallest absolute Gasteiger partial charge is 0.123 e. The summed E-state index contributed by atoms with van der Waals surface area (Å²) in [6.07, 6.45) is 4.89. The van der Waals surface area contributed by atoms with Crippen LogP contribution in [0.4, 0.5) is 0 Å². The average Bonchev–Trinajstić information content (AvgIpc) is 2.09. The summed E-state index contributed by atoms with van der Waals surface area (Å²) in [6.45, 7) is 0. The molecule has 0 aromatic heterocycles. The number of carbonyl (C=O) groups is 1. The minimum absolute atomic E-state index is 0.423. The fourth-order valence-electron chi connectivity index (χ4n) is 0.887. The van der Waals surface area contributed by atoms with E-state index in [4.69, 9.17) is 11.6 Å². The molecule has 0 saturated heterocycles. The summed E-state index contributed by atoms with van der Waals surface area (Å²) in [6, 6.07) is 5.63. The average molecular weight is 260 g/mol. The van der Waals surface area contributed by atoms with Crippen molar-refractivity contribution < 1.29 is 4.79 Å². The quantitative estimate of drug-likeness (QED) is 0.756. The molecule has 0 N–H and O–H groups in total. The van der Waals surface area contributed by atoms with Crippen LogP contribution in [-0.4, -0.2) is 6.29 Å². The van der Waals surface area contributed by atoms with Crippen LogP contribution in [0.15, 0.2) is 28.7 Å². The fourth-order valence-corrected chi connectivity index (χ4v) is 1.62. The van der Waals surface area contributed by atoms with Crippen LogP contribution in [0.1, 0.15) is 12.0 Å². The van der Waals surface area contributed by atoms with Crippen LogP contribution in [0.2, 0.25) is 5.02 Å². The zero-order valence-electron chi connectivity index (χ0n) is 6.84. The lowest BCUT2D eigenvalue weighted by atomic mass is 10.2. The Morgan fingerprint density at radius 3 is 2.85 bits per heavy atom. The zero-order valence-corrected chi connectivity index (χ0v) is 9.18. The first-order valence-corrected chi connectivity index (χ1v) is 4.96. The van der Waals surface area contributed by atoms with Gasteiger partial charge < -0.3 is 4.79 Å². The molecule has 1 aromatic rings. The van der Waals surface area contributed by atoms with Crippen molar-refractivity contribution in [2.45, 2.75) is 6.42 Å². The minimum atomic E-state index is 0.423. The first kappa shape index (κ1) is 10.5. The number of hydrogen-bond donors (Lipinski definition) is 0. The van der Waals surface area contributed by atoms with E-state index in [1.807, 2.05) is 24.3 Å². The second kappa shape index (κ2) is 5.20. The molecule has 0 aliphatic carbocycles. The van der Waals surface area contributed by atoms with Crippen LogP contribution >= 0.6 is 27.5 Å². The molecule has 13 heavy (non-hydrogen) atoms. The number of hydrogen-bond acceptors (Lipinski definition) is 1. The summed E-state index contributed by atoms with van der Waals surface area (Å²) >= 11 is 9.25. The highest BCUT2D eigenvalue weighted by molar-refractivity contribution is 9.10. The molecule has 0 amide bonds. The highest BCUT2D eigenvalue weighted by atomic mass is 79.9. The van der Waals surface area contributed by atoms with Gasteiger partial charge in [0.15, 0.2) is 0 Å². The molecule has 1 aromatic carbocycles. The van der Waals surface area contributed by atoms with E-state index >= 15 is 0 Å². The summed E-state index contributed by atoms with van der Waals surface area (Å²) in [7, 11) is 0. The number of allylic oxidation sites excluding steroid dienone is 1. The second-order valence-corrected chi connectivity index (χ2v) is 3.79. The predicted molar refractivity (Wildman–Crippen MR) is 58.9 cm³/mol. The number of halogens is 2. The van der Waals surface area contributed by atoms with Gasteiger partial charge in [-0.15, -0.1) is 0 Å². The van der Waals surface area contributed by atoms with E-state index in [0.717, 1.165) is 16.3 Å². The van der Waals surface area contributed by atoms with Gasteiger partial charge >= 0.3 is 0 Å². The normalized spacial score (nSPS) is 10.6. The molecule has 3 heteroatoms.